The van der Waals surface area contributed by atoms with Gasteiger partial charge in [-0.25, -0.2) is 0 Å². The van der Waals surface area contributed by atoms with Gasteiger partial charge in [0.25, 0.3) is 0 Å². The molecule has 3 heteroatoms. The third-order valence-corrected chi connectivity index (χ3v) is 1.43. The zero-order chi connectivity index (χ0) is 5.98. The Hall–Kier alpha value is -0.0551. The minimum atomic E-state index is 1.20. The fourth-order valence-electron chi connectivity index (χ4n) is 0.518. The molecule has 0 aliphatic rings. The molecule has 0 bridgehead atoms. The van der Waals surface area contributed by atoms with Crippen molar-refractivity contribution in [3.8, 4) is 0 Å². The van der Waals surface area contributed by atoms with Gasteiger partial charge in [-0.3, -0.25) is 4.98 Å². The van der Waals surface area contributed by atoms with E-state index in [-0.39, 0.29) is 0 Å². The fourth-order valence-corrected chi connectivity index (χ4v) is 1.17. The van der Waals surface area contributed by atoms with Crippen LogP contribution in [0.5, 0.6) is 0 Å². The maximum Gasteiger partial charge on any atom is 0.141 e. The molecule has 0 atom stereocenters. The number of nitrogens with zero attached hydrogens (tertiary/aromatic N) is 1. The topological polar surface area (TPSA) is 12.9 Å². The van der Waals surface area contributed by atoms with Gasteiger partial charge in [0, 0.05) is 16.0 Å². The van der Waals surface area contributed by atoms with Crippen molar-refractivity contribution in [1.82, 2.24) is 4.98 Å². The molecule has 0 fully saturated rings. The van der Waals surface area contributed by atoms with Crippen molar-refractivity contribution in [2.75, 3.05) is 0 Å². The average Bonchev–Trinajstić information content (AvgIpc) is 1.64. The Kier molecular flexibility index (Phi) is 1.88. The summed E-state index contributed by atoms with van der Waals surface area (Å²) in [6, 6.07) is 2.09. The maximum absolute atomic E-state index is 3.98. The number of pyridine rings is 1. The molecule has 1 aromatic rings. The number of rotatable bonds is 0. The van der Waals surface area contributed by atoms with E-state index in [2.05, 4.69) is 33.6 Å². The number of aromatic nitrogens is 1. The van der Waals surface area contributed by atoms with Crippen LogP contribution in [0.1, 0.15) is 0 Å². The van der Waals surface area contributed by atoms with E-state index in [4.69, 9.17) is 0 Å². The predicted octanol–water partition coefficient (Wildman–Crippen LogP) is -0.0554. The number of hydrogen-bond donors (Lipinski definition) is 0. The van der Waals surface area contributed by atoms with E-state index in [1.165, 1.54) is 9.03 Å². The smallest absolute Gasteiger partial charge is 0.141 e. The molecule has 8 heavy (non-hydrogen) atoms. The molecule has 0 saturated heterocycles. The minimum absolute atomic E-state index is 1.20. The molecule has 0 aliphatic heterocycles. The molecule has 0 unspecified atom stereocenters. The van der Waals surface area contributed by atoms with Crippen LogP contribution in [-0.4, -0.2) is 12.8 Å². The lowest BCUT2D eigenvalue weighted by Gasteiger charge is -1.88. The summed E-state index contributed by atoms with van der Waals surface area (Å²) in [6.07, 6.45) is 3.69. The second-order valence-electron chi connectivity index (χ2n) is 1.68. The van der Waals surface area contributed by atoms with Gasteiger partial charge in [0.15, 0.2) is 0 Å². The molecule has 1 heterocycles. The first kappa shape index (κ1) is 6.07. The molecular formula is C5H5BIN. The van der Waals surface area contributed by atoms with Crippen LogP contribution in [0.15, 0.2) is 18.5 Å². The Morgan fingerprint density at radius 2 is 2.25 bits per heavy atom. The van der Waals surface area contributed by atoms with Gasteiger partial charge in [-0.05, 0) is 22.6 Å². The van der Waals surface area contributed by atoms with Crippen molar-refractivity contribution in [2.45, 2.75) is 0 Å². The summed E-state index contributed by atoms with van der Waals surface area (Å²) >= 11 is 2.24. The lowest BCUT2D eigenvalue weighted by atomic mass is 10.00. The van der Waals surface area contributed by atoms with Crippen molar-refractivity contribution in [3.63, 3.8) is 0 Å². The zero-order valence-corrected chi connectivity index (χ0v) is 6.71. The van der Waals surface area contributed by atoms with Crippen LogP contribution in [0.2, 0.25) is 0 Å². The van der Waals surface area contributed by atoms with E-state index in [1.807, 2.05) is 20.2 Å². The summed E-state index contributed by atoms with van der Waals surface area (Å²) in [7, 11) is 2.04. The highest BCUT2D eigenvalue weighted by molar-refractivity contribution is 14.1. The third kappa shape index (κ3) is 1.47. The largest absolute Gasteiger partial charge is 0.264 e. The summed E-state index contributed by atoms with van der Waals surface area (Å²) in [5.74, 6) is 0. The standard InChI is InChI=1S/C5H5BIN/c6-4-1-5(7)3-8-2-4/h1-3H,6H2. The van der Waals surface area contributed by atoms with E-state index in [0.29, 0.717) is 0 Å². The second kappa shape index (κ2) is 2.48. The van der Waals surface area contributed by atoms with Crippen molar-refractivity contribution in [1.29, 1.82) is 0 Å². The van der Waals surface area contributed by atoms with E-state index < -0.39 is 0 Å². The van der Waals surface area contributed by atoms with Gasteiger partial charge in [-0.1, -0.05) is 11.5 Å². The number of hydrogen-bond acceptors (Lipinski definition) is 1. The highest BCUT2D eigenvalue weighted by atomic mass is 127. The first-order chi connectivity index (χ1) is 3.79. The minimum Gasteiger partial charge on any atom is -0.264 e. The van der Waals surface area contributed by atoms with Crippen LogP contribution in [0.3, 0.4) is 0 Å². The van der Waals surface area contributed by atoms with Crippen LogP contribution in [0.4, 0.5) is 0 Å². The van der Waals surface area contributed by atoms with Gasteiger partial charge in [-0.15, -0.1) is 0 Å². The number of halogens is 1. The van der Waals surface area contributed by atoms with E-state index in [0.717, 1.165) is 0 Å². The molecule has 0 aliphatic carbocycles. The molecule has 0 spiro atoms. The quantitative estimate of drug-likeness (QED) is 0.438. The van der Waals surface area contributed by atoms with Crippen LogP contribution in [-0.2, 0) is 0 Å². The third-order valence-electron chi connectivity index (χ3n) is 0.842. The lowest BCUT2D eigenvalue weighted by molar-refractivity contribution is 1.33. The highest BCUT2D eigenvalue weighted by Gasteiger charge is 1.83. The van der Waals surface area contributed by atoms with Crippen molar-refractivity contribution >= 4 is 35.9 Å². The molecule has 0 radical (unpaired) electrons. The summed E-state index contributed by atoms with van der Waals surface area (Å²) in [5, 5.41) is 0. The Labute approximate surface area is 63.1 Å². The summed E-state index contributed by atoms with van der Waals surface area (Å²) < 4.78 is 1.20. The summed E-state index contributed by atoms with van der Waals surface area (Å²) in [5.41, 5.74) is 1.22. The second-order valence-corrected chi connectivity index (χ2v) is 2.93. The Morgan fingerprint density at radius 3 is 2.62 bits per heavy atom. The first-order valence-corrected chi connectivity index (χ1v) is 3.44. The monoisotopic (exact) mass is 217 g/mol. The van der Waals surface area contributed by atoms with Crippen LogP contribution in [0.25, 0.3) is 0 Å². The van der Waals surface area contributed by atoms with Gasteiger partial charge in [0.2, 0.25) is 0 Å². The Morgan fingerprint density at radius 1 is 1.50 bits per heavy atom. The summed E-state index contributed by atoms with van der Waals surface area (Å²) in [6.45, 7) is 0. The van der Waals surface area contributed by atoms with E-state index in [1.54, 1.807) is 0 Å². The maximum atomic E-state index is 3.98. The van der Waals surface area contributed by atoms with E-state index in [9.17, 15) is 0 Å². The van der Waals surface area contributed by atoms with Crippen molar-refractivity contribution in [2.24, 2.45) is 0 Å². The normalized spacial score (nSPS) is 9.12. The average molecular weight is 217 g/mol. The molecular weight excluding hydrogens is 212 g/mol. The molecule has 0 amide bonds. The van der Waals surface area contributed by atoms with Gasteiger partial charge >= 0.3 is 0 Å². The van der Waals surface area contributed by atoms with E-state index >= 15 is 0 Å². The van der Waals surface area contributed by atoms with Crippen LogP contribution in [0, 0.1) is 3.57 Å². The Balaban J connectivity index is 3.08. The molecule has 1 rings (SSSR count). The molecule has 40 valence electrons. The van der Waals surface area contributed by atoms with Crippen molar-refractivity contribution < 1.29 is 0 Å². The van der Waals surface area contributed by atoms with Gasteiger partial charge in [0.05, 0.1) is 0 Å². The molecule has 0 N–H and O–H groups in total. The van der Waals surface area contributed by atoms with Gasteiger partial charge in [0.1, 0.15) is 7.85 Å². The van der Waals surface area contributed by atoms with Gasteiger partial charge in [-0.2, -0.15) is 0 Å². The predicted molar refractivity (Wildman–Crippen MR) is 45.1 cm³/mol. The SMILES string of the molecule is Bc1cncc(I)c1. The first-order valence-electron chi connectivity index (χ1n) is 2.36. The lowest BCUT2D eigenvalue weighted by Crippen LogP contribution is -2.01. The van der Waals surface area contributed by atoms with Crippen LogP contribution < -0.4 is 5.46 Å². The summed E-state index contributed by atoms with van der Waals surface area (Å²) in [4.78, 5) is 3.98. The molecule has 0 aromatic carbocycles. The highest BCUT2D eigenvalue weighted by Crippen LogP contribution is 1.95. The van der Waals surface area contributed by atoms with Crippen LogP contribution >= 0.6 is 22.6 Å². The van der Waals surface area contributed by atoms with Crippen molar-refractivity contribution in [3.05, 3.63) is 22.0 Å². The molecule has 1 nitrogen and oxygen atoms in total. The fraction of sp³-hybridized carbons (Fsp3) is 0. The molecule has 1 aromatic heterocycles. The zero-order valence-electron chi connectivity index (χ0n) is 4.56. The Bertz CT molecular complexity index is 172. The molecule has 0 saturated carbocycles. The van der Waals surface area contributed by atoms with Gasteiger partial charge < -0.3 is 0 Å².